The van der Waals surface area contributed by atoms with Gasteiger partial charge in [-0.25, -0.2) is 0 Å². The zero-order valence-corrected chi connectivity index (χ0v) is 13.7. The predicted molar refractivity (Wildman–Crippen MR) is 87.2 cm³/mol. The van der Waals surface area contributed by atoms with E-state index in [9.17, 15) is 13.6 Å². The van der Waals surface area contributed by atoms with E-state index in [0.717, 1.165) is 12.8 Å². The van der Waals surface area contributed by atoms with Gasteiger partial charge in [0.1, 0.15) is 5.75 Å². The van der Waals surface area contributed by atoms with E-state index in [1.165, 1.54) is 43.5 Å². The topological polar surface area (TPSA) is 64.3 Å². The fourth-order valence-electron chi connectivity index (χ4n) is 2.95. The number of hydrogen-bond acceptors (Lipinski definition) is 3. The van der Waals surface area contributed by atoms with Gasteiger partial charge in [-0.15, -0.1) is 12.4 Å². The molecule has 0 saturated heterocycles. The van der Waals surface area contributed by atoms with Crippen LogP contribution in [-0.2, 0) is 0 Å². The number of carbonyl (C=O) groups excluding carboxylic acids is 1. The number of ether oxygens (including phenoxy) is 1. The second-order valence-electron chi connectivity index (χ2n) is 5.62. The summed E-state index contributed by atoms with van der Waals surface area (Å²) in [6.45, 7) is -2.46. The number of halogens is 3. The van der Waals surface area contributed by atoms with Crippen LogP contribution in [0.1, 0.15) is 42.5 Å². The van der Waals surface area contributed by atoms with Crippen molar-refractivity contribution >= 4 is 18.3 Å². The van der Waals surface area contributed by atoms with Gasteiger partial charge in [0.05, 0.1) is 0 Å². The van der Waals surface area contributed by atoms with Crippen molar-refractivity contribution in [1.29, 1.82) is 0 Å². The van der Waals surface area contributed by atoms with Gasteiger partial charge in [-0.05, 0) is 43.0 Å². The summed E-state index contributed by atoms with van der Waals surface area (Å²) in [5.41, 5.74) is 6.20. The first-order chi connectivity index (χ1) is 10.6. The van der Waals surface area contributed by atoms with Crippen molar-refractivity contribution in [1.82, 2.24) is 5.32 Å². The first-order valence-corrected chi connectivity index (χ1v) is 7.66. The lowest BCUT2D eigenvalue weighted by atomic mass is 9.84. The molecular formula is C16H23ClF2N2O2. The second-order valence-corrected chi connectivity index (χ2v) is 5.62. The molecule has 3 N–H and O–H groups in total. The van der Waals surface area contributed by atoms with Crippen LogP contribution in [-0.4, -0.2) is 25.1 Å². The Hall–Kier alpha value is -1.40. The molecular weight excluding hydrogens is 326 g/mol. The van der Waals surface area contributed by atoms with Crippen molar-refractivity contribution in [3.63, 3.8) is 0 Å². The van der Waals surface area contributed by atoms with E-state index >= 15 is 0 Å². The largest absolute Gasteiger partial charge is 0.435 e. The molecule has 23 heavy (non-hydrogen) atoms. The third kappa shape index (κ3) is 5.95. The third-order valence-corrected chi connectivity index (χ3v) is 4.13. The Balaban J connectivity index is 0.00000264. The van der Waals surface area contributed by atoms with E-state index in [4.69, 9.17) is 5.73 Å². The summed E-state index contributed by atoms with van der Waals surface area (Å²) in [7, 11) is 0. The maximum Gasteiger partial charge on any atom is 0.387 e. The fourth-order valence-corrected chi connectivity index (χ4v) is 2.95. The van der Waals surface area contributed by atoms with Crippen LogP contribution in [0, 0.1) is 5.92 Å². The SMILES string of the molecule is Cl.NCC(NC(=O)c1ccc(OC(F)F)cc1)C1CCCCC1. The van der Waals surface area contributed by atoms with Crippen molar-refractivity contribution in [2.24, 2.45) is 11.7 Å². The zero-order chi connectivity index (χ0) is 15.9. The van der Waals surface area contributed by atoms with Gasteiger partial charge in [-0.3, -0.25) is 4.79 Å². The summed E-state index contributed by atoms with van der Waals surface area (Å²) in [5.74, 6) is 0.225. The van der Waals surface area contributed by atoms with Crippen LogP contribution < -0.4 is 15.8 Å². The Bertz CT molecular complexity index is 479. The standard InChI is InChI=1S/C16H22F2N2O2.ClH/c17-16(18)22-13-8-6-12(7-9-13)15(21)20-14(10-19)11-4-2-1-3-5-11;/h6-9,11,14,16H,1-5,10,19H2,(H,20,21);1H. The summed E-state index contributed by atoms with van der Waals surface area (Å²) >= 11 is 0. The molecule has 2 rings (SSSR count). The molecule has 0 heterocycles. The minimum absolute atomic E-state index is 0. The smallest absolute Gasteiger partial charge is 0.387 e. The van der Waals surface area contributed by atoms with Crippen LogP contribution in [0.3, 0.4) is 0 Å². The number of hydrogen-bond donors (Lipinski definition) is 2. The molecule has 0 bridgehead atoms. The average molecular weight is 349 g/mol. The lowest BCUT2D eigenvalue weighted by molar-refractivity contribution is -0.0498. The van der Waals surface area contributed by atoms with E-state index in [1.807, 2.05) is 0 Å². The second kappa shape index (κ2) is 9.67. The predicted octanol–water partition coefficient (Wildman–Crippen LogP) is 3.35. The van der Waals surface area contributed by atoms with Gasteiger partial charge in [0.25, 0.3) is 5.91 Å². The van der Waals surface area contributed by atoms with Gasteiger partial charge in [0.15, 0.2) is 0 Å². The zero-order valence-electron chi connectivity index (χ0n) is 12.8. The summed E-state index contributed by atoms with van der Waals surface area (Å²) in [4.78, 5) is 12.2. The van der Waals surface area contributed by atoms with Crippen LogP contribution in [0.25, 0.3) is 0 Å². The molecule has 1 saturated carbocycles. The van der Waals surface area contributed by atoms with Crippen LogP contribution in [0.4, 0.5) is 8.78 Å². The molecule has 1 aromatic rings. The minimum atomic E-state index is -2.87. The molecule has 1 amide bonds. The Morgan fingerprint density at radius 2 is 1.83 bits per heavy atom. The number of nitrogens with two attached hydrogens (primary N) is 1. The molecule has 4 nitrogen and oxygen atoms in total. The first-order valence-electron chi connectivity index (χ1n) is 7.66. The number of amides is 1. The minimum Gasteiger partial charge on any atom is -0.435 e. The van der Waals surface area contributed by atoms with Crippen molar-refractivity contribution in [3.05, 3.63) is 29.8 Å². The summed E-state index contributed by atoms with van der Waals surface area (Å²) in [6.07, 6.45) is 5.77. The number of rotatable bonds is 6. The molecule has 0 aliphatic heterocycles. The normalized spacial score (nSPS) is 16.5. The Kier molecular flexibility index (Phi) is 8.26. The lowest BCUT2D eigenvalue weighted by Gasteiger charge is -2.30. The molecule has 1 unspecified atom stereocenters. The maximum atomic E-state index is 12.2. The van der Waals surface area contributed by atoms with Crippen molar-refractivity contribution in [2.45, 2.75) is 44.8 Å². The Morgan fingerprint density at radius 3 is 2.35 bits per heavy atom. The highest BCUT2D eigenvalue weighted by Gasteiger charge is 2.24. The molecule has 7 heteroatoms. The molecule has 1 atom stereocenters. The third-order valence-electron chi connectivity index (χ3n) is 4.13. The number of carbonyl (C=O) groups is 1. The Morgan fingerprint density at radius 1 is 1.22 bits per heavy atom. The van der Waals surface area contributed by atoms with Gasteiger partial charge in [-0.2, -0.15) is 8.78 Å². The van der Waals surface area contributed by atoms with E-state index in [1.54, 1.807) is 0 Å². The summed E-state index contributed by atoms with van der Waals surface area (Å²) < 4.78 is 28.4. The maximum absolute atomic E-state index is 12.2. The quantitative estimate of drug-likeness (QED) is 0.828. The van der Waals surface area contributed by atoms with Gasteiger partial charge >= 0.3 is 6.61 Å². The molecule has 130 valence electrons. The van der Waals surface area contributed by atoms with Gasteiger partial charge < -0.3 is 15.8 Å². The molecule has 0 spiro atoms. The molecule has 0 radical (unpaired) electrons. The molecule has 1 aliphatic carbocycles. The molecule has 1 aromatic carbocycles. The lowest BCUT2D eigenvalue weighted by Crippen LogP contribution is -2.45. The van der Waals surface area contributed by atoms with E-state index in [0.29, 0.717) is 18.0 Å². The molecule has 0 aromatic heterocycles. The fraction of sp³-hybridized carbons (Fsp3) is 0.562. The number of alkyl halides is 2. The van der Waals surface area contributed by atoms with E-state index < -0.39 is 6.61 Å². The molecule has 1 aliphatic rings. The first kappa shape index (κ1) is 19.6. The van der Waals surface area contributed by atoms with Gasteiger partial charge in [-0.1, -0.05) is 19.3 Å². The van der Waals surface area contributed by atoms with Crippen LogP contribution in [0.2, 0.25) is 0 Å². The van der Waals surface area contributed by atoms with Gasteiger partial charge in [0, 0.05) is 18.2 Å². The summed E-state index contributed by atoms with van der Waals surface area (Å²) in [5, 5.41) is 2.96. The van der Waals surface area contributed by atoms with E-state index in [-0.39, 0.29) is 30.1 Å². The van der Waals surface area contributed by atoms with Gasteiger partial charge in [0.2, 0.25) is 0 Å². The van der Waals surface area contributed by atoms with Crippen LogP contribution >= 0.6 is 12.4 Å². The van der Waals surface area contributed by atoms with Crippen LogP contribution in [0.5, 0.6) is 5.75 Å². The van der Waals surface area contributed by atoms with Crippen molar-refractivity contribution < 1.29 is 18.3 Å². The highest BCUT2D eigenvalue weighted by molar-refractivity contribution is 5.94. The number of benzene rings is 1. The van der Waals surface area contributed by atoms with Crippen LogP contribution in [0.15, 0.2) is 24.3 Å². The molecule has 1 fully saturated rings. The van der Waals surface area contributed by atoms with Crippen molar-refractivity contribution in [2.75, 3.05) is 6.54 Å². The highest BCUT2D eigenvalue weighted by Crippen LogP contribution is 2.26. The number of nitrogens with one attached hydrogen (secondary N) is 1. The monoisotopic (exact) mass is 348 g/mol. The van der Waals surface area contributed by atoms with Crippen molar-refractivity contribution in [3.8, 4) is 5.75 Å². The summed E-state index contributed by atoms with van der Waals surface area (Å²) in [6, 6.07) is 5.63. The Labute approximate surface area is 141 Å². The average Bonchev–Trinajstić information content (AvgIpc) is 2.53. The van der Waals surface area contributed by atoms with E-state index in [2.05, 4.69) is 10.1 Å². The highest BCUT2D eigenvalue weighted by atomic mass is 35.5.